The molecule has 1 aliphatic heterocycles. The predicted octanol–water partition coefficient (Wildman–Crippen LogP) is 2.55. The van der Waals surface area contributed by atoms with E-state index in [9.17, 15) is 14.7 Å². The van der Waals surface area contributed by atoms with Gasteiger partial charge in [0.2, 0.25) is 5.91 Å². The normalized spacial score (nSPS) is 25.1. The molecule has 0 aromatic heterocycles. The molecule has 3 N–H and O–H groups in total. The van der Waals surface area contributed by atoms with E-state index < -0.39 is 6.10 Å². The van der Waals surface area contributed by atoms with Crippen molar-refractivity contribution in [2.24, 2.45) is 5.92 Å². The number of aliphatic hydroxyl groups is 1. The largest absolute Gasteiger partial charge is 0.394 e. The molecule has 1 aromatic rings. The Labute approximate surface area is 168 Å². The van der Waals surface area contributed by atoms with Crippen LogP contribution in [0, 0.1) is 5.92 Å². The first-order valence-electron chi connectivity index (χ1n) is 9.27. The van der Waals surface area contributed by atoms with E-state index in [1.165, 1.54) is 0 Å². The van der Waals surface area contributed by atoms with Crippen molar-refractivity contribution in [1.29, 1.82) is 0 Å². The Kier molecular flexibility index (Phi) is 6.98. The van der Waals surface area contributed by atoms with Crippen LogP contribution in [-0.2, 0) is 9.53 Å². The summed E-state index contributed by atoms with van der Waals surface area (Å²) in [6.07, 6.45) is 3.57. The molecule has 0 unspecified atom stereocenters. The Morgan fingerprint density at radius 1 is 1.11 bits per heavy atom. The second kappa shape index (κ2) is 9.24. The van der Waals surface area contributed by atoms with Crippen LogP contribution in [0.2, 0.25) is 10.0 Å². The summed E-state index contributed by atoms with van der Waals surface area (Å²) < 4.78 is 5.92. The Hall–Kier alpha value is -1.34. The number of amides is 2. The van der Waals surface area contributed by atoms with Crippen molar-refractivity contribution in [3.8, 4) is 0 Å². The molecule has 8 heteroatoms. The Morgan fingerprint density at radius 3 is 2.44 bits per heavy atom. The smallest absolute Gasteiger partial charge is 0.251 e. The highest BCUT2D eigenvalue weighted by Gasteiger charge is 2.36. The molecule has 1 heterocycles. The maximum atomic E-state index is 12.2. The molecule has 3 atom stereocenters. The fraction of sp³-hybridized carbons (Fsp3) is 0.579. The predicted molar refractivity (Wildman–Crippen MR) is 103 cm³/mol. The van der Waals surface area contributed by atoms with Crippen LogP contribution in [-0.4, -0.2) is 48.3 Å². The van der Waals surface area contributed by atoms with E-state index in [2.05, 4.69) is 10.6 Å². The number of halogens is 2. The van der Waals surface area contributed by atoms with Gasteiger partial charge in [0.1, 0.15) is 6.10 Å². The van der Waals surface area contributed by atoms with Gasteiger partial charge in [-0.05, 0) is 50.3 Å². The minimum absolute atomic E-state index is 0.0629. The quantitative estimate of drug-likeness (QED) is 0.639. The van der Waals surface area contributed by atoms with Gasteiger partial charge in [0.15, 0.2) is 0 Å². The lowest BCUT2D eigenvalue weighted by Crippen LogP contribution is -2.51. The molecule has 2 aliphatic rings. The number of ether oxygens (including phenoxy) is 1. The standard InChI is InChI=1S/C19H24Cl2N2O4/c20-13-7-12(8-14(21)9-13)18(25)22-6-5-15-3-4-16(17(10-24)27-15)23-19(26)11-1-2-11/h7-9,11,15-17,24H,1-6,10H2,(H,22,25)(H,23,26)/t15-,16-,17-/m1/s1. The number of hydrogen-bond donors (Lipinski definition) is 3. The molecule has 2 fully saturated rings. The Bertz CT molecular complexity index is 676. The van der Waals surface area contributed by atoms with Crippen LogP contribution in [0.4, 0.5) is 0 Å². The molecule has 3 rings (SSSR count). The van der Waals surface area contributed by atoms with Crippen LogP contribution in [0.1, 0.15) is 42.5 Å². The number of carbonyl (C=O) groups is 2. The monoisotopic (exact) mass is 414 g/mol. The van der Waals surface area contributed by atoms with Crippen LogP contribution in [0.15, 0.2) is 18.2 Å². The van der Waals surface area contributed by atoms with Crippen LogP contribution in [0.5, 0.6) is 0 Å². The molecule has 1 saturated heterocycles. The summed E-state index contributed by atoms with van der Waals surface area (Å²) in [6, 6.07) is 4.55. The van der Waals surface area contributed by atoms with Gasteiger partial charge in [-0.1, -0.05) is 23.2 Å². The van der Waals surface area contributed by atoms with E-state index in [1.54, 1.807) is 18.2 Å². The molecule has 1 aliphatic carbocycles. The summed E-state index contributed by atoms with van der Waals surface area (Å²) in [6.45, 7) is 0.296. The molecule has 6 nitrogen and oxygen atoms in total. The van der Waals surface area contributed by atoms with Crippen molar-refractivity contribution in [2.45, 2.75) is 50.4 Å². The SMILES string of the molecule is O=C(NCC[C@H]1CC[C@@H](NC(=O)C2CC2)[C@@H](CO)O1)c1cc(Cl)cc(Cl)c1. The average molecular weight is 415 g/mol. The summed E-state index contributed by atoms with van der Waals surface area (Å²) in [7, 11) is 0. The third-order valence-electron chi connectivity index (χ3n) is 4.95. The van der Waals surface area contributed by atoms with Gasteiger partial charge < -0.3 is 20.5 Å². The zero-order chi connectivity index (χ0) is 19.4. The number of carbonyl (C=O) groups excluding carboxylic acids is 2. The summed E-state index contributed by atoms with van der Waals surface area (Å²) in [5, 5.41) is 16.2. The molecule has 0 radical (unpaired) electrons. The molecule has 0 spiro atoms. The first kappa shape index (κ1) is 20.4. The van der Waals surface area contributed by atoms with Crippen LogP contribution in [0.3, 0.4) is 0 Å². The van der Waals surface area contributed by atoms with Crippen molar-refractivity contribution in [1.82, 2.24) is 10.6 Å². The third kappa shape index (κ3) is 5.82. The van der Waals surface area contributed by atoms with Crippen molar-refractivity contribution in [2.75, 3.05) is 13.2 Å². The van der Waals surface area contributed by atoms with Gasteiger partial charge >= 0.3 is 0 Å². The van der Waals surface area contributed by atoms with E-state index in [0.29, 0.717) is 28.6 Å². The zero-order valence-electron chi connectivity index (χ0n) is 14.9. The van der Waals surface area contributed by atoms with Gasteiger partial charge in [-0.3, -0.25) is 9.59 Å². The van der Waals surface area contributed by atoms with Crippen molar-refractivity contribution >= 4 is 35.0 Å². The van der Waals surface area contributed by atoms with Crippen LogP contribution < -0.4 is 10.6 Å². The van der Waals surface area contributed by atoms with Crippen molar-refractivity contribution in [3.63, 3.8) is 0 Å². The summed E-state index contributed by atoms with van der Waals surface area (Å²) in [5.41, 5.74) is 0.410. The lowest BCUT2D eigenvalue weighted by atomic mass is 9.97. The van der Waals surface area contributed by atoms with Gasteiger partial charge in [-0.15, -0.1) is 0 Å². The van der Waals surface area contributed by atoms with Gasteiger partial charge in [0, 0.05) is 28.1 Å². The molecular weight excluding hydrogens is 391 g/mol. The number of hydrogen-bond acceptors (Lipinski definition) is 4. The minimum Gasteiger partial charge on any atom is -0.394 e. The third-order valence-corrected chi connectivity index (χ3v) is 5.38. The minimum atomic E-state index is -0.408. The highest BCUT2D eigenvalue weighted by atomic mass is 35.5. The number of rotatable bonds is 7. The highest BCUT2D eigenvalue weighted by molar-refractivity contribution is 6.35. The van der Waals surface area contributed by atoms with Crippen LogP contribution in [0.25, 0.3) is 0 Å². The molecule has 1 saturated carbocycles. The van der Waals surface area contributed by atoms with Crippen LogP contribution >= 0.6 is 23.2 Å². The highest BCUT2D eigenvalue weighted by Crippen LogP contribution is 2.30. The number of nitrogens with one attached hydrogen (secondary N) is 2. The Morgan fingerprint density at radius 2 is 1.81 bits per heavy atom. The molecule has 148 valence electrons. The summed E-state index contributed by atoms with van der Waals surface area (Å²) in [4.78, 5) is 24.1. The zero-order valence-corrected chi connectivity index (χ0v) is 16.4. The number of aliphatic hydroxyl groups excluding tert-OH is 1. The second-order valence-corrected chi connectivity index (χ2v) is 8.02. The first-order chi connectivity index (χ1) is 13.0. The lowest BCUT2D eigenvalue weighted by Gasteiger charge is -2.36. The first-order valence-corrected chi connectivity index (χ1v) is 10.0. The summed E-state index contributed by atoms with van der Waals surface area (Å²) in [5.74, 6) is -0.0475. The second-order valence-electron chi connectivity index (χ2n) is 7.15. The average Bonchev–Trinajstić information content (AvgIpc) is 3.47. The van der Waals surface area contributed by atoms with Gasteiger partial charge in [0.25, 0.3) is 5.91 Å². The van der Waals surface area contributed by atoms with Gasteiger partial charge in [0.05, 0.1) is 18.8 Å². The van der Waals surface area contributed by atoms with Gasteiger partial charge in [-0.25, -0.2) is 0 Å². The topological polar surface area (TPSA) is 87.7 Å². The van der Waals surface area contributed by atoms with E-state index in [0.717, 1.165) is 25.7 Å². The molecule has 1 aromatic carbocycles. The lowest BCUT2D eigenvalue weighted by molar-refractivity contribution is -0.129. The van der Waals surface area contributed by atoms with Crippen molar-refractivity contribution < 1.29 is 19.4 Å². The number of benzene rings is 1. The Balaban J connectivity index is 1.43. The summed E-state index contributed by atoms with van der Waals surface area (Å²) >= 11 is 11.8. The molecule has 27 heavy (non-hydrogen) atoms. The fourth-order valence-corrected chi connectivity index (χ4v) is 3.82. The molecular formula is C19H24Cl2N2O4. The fourth-order valence-electron chi connectivity index (χ4n) is 3.29. The molecule has 0 bridgehead atoms. The maximum Gasteiger partial charge on any atom is 0.251 e. The van der Waals surface area contributed by atoms with E-state index in [1.807, 2.05) is 0 Å². The van der Waals surface area contributed by atoms with E-state index >= 15 is 0 Å². The molecule has 2 amide bonds. The van der Waals surface area contributed by atoms with E-state index in [-0.39, 0.29) is 36.5 Å². The van der Waals surface area contributed by atoms with Gasteiger partial charge in [-0.2, -0.15) is 0 Å². The van der Waals surface area contributed by atoms with Crippen molar-refractivity contribution in [3.05, 3.63) is 33.8 Å². The maximum absolute atomic E-state index is 12.2. The van der Waals surface area contributed by atoms with E-state index in [4.69, 9.17) is 27.9 Å².